The molecule has 1 aliphatic heterocycles. The molecule has 0 radical (unpaired) electrons. The number of aliphatic hydroxyl groups excluding tert-OH is 1. The summed E-state index contributed by atoms with van der Waals surface area (Å²) in [5.74, 6) is 2.41. The SMILES string of the molecule is COc1ccc(S(=O)(=O)N2CCC(CNC[C@H](O)COc3ccc(OCc4ccccc4)cc3)CC2)cc1. The van der Waals surface area contributed by atoms with Crippen molar-refractivity contribution in [2.45, 2.75) is 30.4 Å². The largest absolute Gasteiger partial charge is 0.497 e. The molecule has 0 bridgehead atoms. The highest BCUT2D eigenvalue weighted by Crippen LogP contribution is 2.25. The normalized spacial score (nSPS) is 15.6. The molecule has 1 atom stereocenters. The number of ether oxygens (including phenoxy) is 3. The molecule has 0 unspecified atom stereocenters. The lowest BCUT2D eigenvalue weighted by molar-refractivity contribution is 0.104. The van der Waals surface area contributed by atoms with Crippen LogP contribution in [0.15, 0.2) is 83.8 Å². The Morgan fingerprint density at radius 3 is 2.13 bits per heavy atom. The summed E-state index contributed by atoms with van der Waals surface area (Å²) in [5, 5.41) is 13.6. The second kappa shape index (κ2) is 13.6. The Morgan fingerprint density at radius 1 is 0.895 bits per heavy atom. The molecule has 1 aliphatic rings. The molecule has 1 fully saturated rings. The van der Waals surface area contributed by atoms with Crippen LogP contribution in [0, 0.1) is 5.92 Å². The van der Waals surface area contributed by atoms with Gasteiger partial charge in [-0.05, 0) is 79.4 Å². The van der Waals surface area contributed by atoms with E-state index in [0.29, 0.717) is 43.7 Å². The van der Waals surface area contributed by atoms with Gasteiger partial charge >= 0.3 is 0 Å². The molecule has 3 aromatic carbocycles. The van der Waals surface area contributed by atoms with Crippen LogP contribution in [0.5, 0.6) is 17.2 Å². The molecule has 0 saturated carbocycles. The Hall–Kier alpha value is -3.11. The van der Waals surface area contributed by atoms with Gasteiger partial charge in [0.25, 0.3) is 0 Å². The van der Waals surface area contributed by atoms with E-state index in [9.17, 15) is 13.5 Å². The topological polar surface area (TPSA) is 97.3 Å². The van der Waals surface area contributed by atoms with E-state index in [-0.39, 0.29) is 11.5 Å². The van der Waals surface area contributed by atoms with Crippen molar-refractivity contribution in [3.8, 4) is 17.2 Å². The van der Waals surface area contributed by atoms with Crippen molar-refractivity contribution in [3.05, 3.63) is 84.4 Å². The predicted molar refractivity (Wildman–Crippen MR) is 146 cm³/mol. The Bertz CT molecular complexity index is 1210. The average Bonchev–Trinajstić information content (AvgIpc) is 2.96. The van der Waals surface area contributed by atoms with Gasteiger partial charge in [0.15, 0.2) is 0 Å². The van der Waals surface area contributed by atoms with Gasteiger partial charge in [-0.3, -0.25) is 0 Å². The van der Waals surface area contributed by atoms with E-state index in [1.807, 2.05) is 54.6 Å². The lowest BCUT2D eigenvalue weighted by atomic mass is 9.98. The third kappa shape index (κ3) is 7.94. The fraction of sp³-hybridized carbons (Fsp3) is 0.379. The summed E-state index contributed by atoms with van der Waals surface area (Å²) >= 11 is 0. The van der Waals surface area contributed by atoms with E-state index in [0.717, 1.165) is 30.7 Å². The van der Waals surface area contributed by atoms with Crippen LogP contribution in [0.2, 0.25) is 0 Å². The molecule has 0 spiro atoms. The second-order valence-corrected chi connectivity index (χ2v) is 11.3. The molecule has 2 N–H and O–H groups in total. The summed E-state index contributed by atoms with van der Waals surface area (Å²) in [5.41, 5.74) is 1.10. The van der Waals surface area contributed by atoms with Crippen molar-refractivity contribution in [2.75, 3.05) is 39.9 Å². The van der Waals surface area contributed by atoms with Gasteiger partial charge in [-0.2, -0.15) is 4.31 Å². The van der Waals surface area contributed by atoms with Gasteiger partial charge in [0, 0.05) is 19.6 Å². The molecular weight excluding hydrogens is 504 g/mol. The van der Waals surface area contributed by atoms with E-state index in [1.165, 1.54) is 0 Å². The first-order valence-electron chi connectivity index (χ1n) is 12.9. The quantitative estimate of drug-likeness (QED) is 0.341. The van der Waals surface area contributed by atoms with E-state index in [1.54, 1.807) is 35.7 Å². The zero-order valence-electron chi connectivity index (χ0n) is 21.7. The first-order valence-corrected chi connectivity index (χ1v) is 14.3. The van der Waals surface area contributed by atoms with E-state index < -0.39 is 16.1 Å². The molecule has 3 aromatic rings. The zero-order chi connectivity index (χ0) is 26.8. The molecule has 1 heterocycles. The van der Waals surface area contributed by atoms with E-state index >= 15 is 0 Å². The van der Waals surface area contributed by atoms with Gasteiger partial charge in [0.1, 0.15) is 36.6 Å². The van der Waals surface area contributed by atoms with Crippen molar-refractivity contribution in [1.82, 2.24) is 9.62 Å². The first-order chi connectivity index (χ1) is 18.4. The number of hydrogen-bond donors (Lipinski definition) is 2. The van der Waals surface area contributed by atoms with E-state index in [2.05, 4.69) is 5.32 Å². The molecule has 38 heavy (non-hydrogen) atoms. The van der Waals surface area contributed by atoms with Gasteiger partial charge in [0.2, 0.25) is 10.0 Å². The molecular formula is C29H36N2O6S. The van der Waals surface area contributed by atoms with Crippen LogP contribution in [0.3, 0.4) is 0 Å². The number of nitrogens with zero attached hydrogens (tertiary/aromatic N) is 1. The summed E-state index contributed by atoms with van der Waals surface area (Å²) in [4.78, 5) is 0.285. The molecule has 0 aromatic heterocycles. The number of piperidine rings is 1. The van der Waals surface area contributed by atoms with Crippen molar-refractivity contribution < 1.29 is 27.7 Å². The summed E-state index contributed by atoms with van der Waals surface area (Å²) < 4.78 is 44.0. The van der Waals surface area contributed by atoms with Crippen molar-refractivity contribution in [2.24, 2.45) is 5.92 Å². The summed E-state index contributed by atoms with van der Waals surface area (Å²) in [6.45, 7) is 2.77. The highest BCUT2D eigenvalue weighted by atomic mass is 32.2. The molecule has 0 aliphatic carbocycles. The molecule has 4 rings (SSSR count). The highest BCUT2D eigenvalue weighted by molar-refractivity contribution is 7.89. The molecule has 0 amide bonds. The molecule has 9 heteroatoms. The van der Waals surface area contributed by atoms with Crippen LogP contribution in [-0.2, 0) is 16.6 Å². The smallest absolute Gasteiger partial charge is 0.243 e. The zero-order valence-corrected chi connectivity index (χ0v) is 22.5. The van der Waals surface area contributed by atoms with Crippen molar-refractivity contribution in [1.29, 1.82) is 0 Å². The molecule has 1 saturated heterocycles. The van der Waals surface area contributed by atoms with Crippen LogP contribution >= 0.6 is 0 Å². The summed E-state index contributed by atoms with van der Waals surface area (Å²) in [7, 11) is -1.95. The van der Waals surface area contributed by atoms with Gasteiger partial charge in [-0.15, -0.1) is 0 Å². The Morgan fingerprint density at radius 2 is 1.50 bits per heavy atom. The lowest BCUT2D eigenvalue weighted by Gasteiger charge is -2.31. The number of nitrogens with one attached hydrogen (secondary N) is 1. The lowest BCUT2D eigenvalue weighted by Crippen LogP contribution is -2.42. The average molecular weight is 541 g/mol. The van der Waals surface area contributed by atoms with Crippen LogP contribution in [0.25, 0.3) is 0 Å². The minimum Gasteiger partial charge on any atom is -0.497 e. The Balaban J connectivity index is 1.11. The number of sulfonamides is 1. The summed E-state index contributed by atoms with van der Waals surface area (Å²) in [6.07, 6.45) is 0.890. The van der Waals surface area contributed by atoms with Crippen LogP contribution in [0.4, 0.5) is 0 Å². The highest BCUT2D eigenvalue weighted by Gasteiger charge is 2.29. The number of benzene rings is 3. The number of rotatable bonds is 13. The Labute approximate surface area is 225 Å². The third-order valence-corrected chi connectivity index (χ3v) is 8.51. The minimum absolute atomic E-state index is 0.176. The summed E-state index contributed by atoms with van der Waals surface area (Å²) in [6, 6.07) is 23.8. The van der Waals surface area contributed by atoms with Crippen LogP contribution < -0.4 is 19.5 Å². The van der Waals surface area contributed by atoms with Crippen LogP contribution in [0.1, 0.15) is 18.4 Å². The van der Waals surface area contributed by atoms with Gasteiger partial charge in [0.05, 0.1) is 12.0 Å². The first kappa shape index (κ1) is 27.9. The number of hydrogen-bond acceptors (Lipinski definition) is 7. The maximum atomic E-state index is 12.9. The van der Waals surface area contributed by atoms with Gasteiger partial charge in [-0.1, -0.05) is 30.3 Å². The maximum Gasteiger partial charge on any atom is 0.243 e. The van der Waals surface area contributed by atoms with Gasteiger partial charge < -0.3 is 24.6 Å². The molecule has 8 nitrogen and oxygen atoms in total. The third-order valence-electron chi connectivity index (χ3n) is 6.60. The van der Waals surface area contributed by atoms with E-state index in [4.69, 9.17) is 14.2 Å². The van der Waals surface area contributed by atoms with Crippen molar-refractivity contribution >= 4 is 10.0 Å². The monoisotopic (exact) mass is 540 g/mol. The van der Waals surface area contributed by atoms with Crippen LogP contribution in [-0.4, -0.2) is 63.8 Å². The minimum atomic E-state index is -3.50. The number of methoxy groups -OCH3 is 1. The van der Waals surface area contributed by atoms with Crippen molar-refractivity contribution in [3.63, 3.8) is 0 Å². The molecule has 204 valence electrons. The standard InChI is InChI=1S/C29H36N2O6S/c1-35-26-11-13-29(14-12-26)38(33,34)31-17-15-23(16-18-31)19-30-20-25(32)22-37-28-9-7-27(8-10-28)36-21-24-5-3-2-4-6-24/h2-14,23,25,30,32H,15-22H2,1H3/t25-/m0/s1. The number of aliphatic hydroxyl groups is 1. The Kier molecular flexibility index (Phi) is 10.0. The second-order valence-electron chi connectivity index (χ2n) is 9.39. The fourth-order valence-corrected chi connectivity index (χ4v) is 5.80. The fourth-order valence-electron chi connectivity index (χ4n) is 4.33. The predicted octanol–water partition coefficient (Wildman–Crippen LogP) is 3.70. The maximum absolute atomic E-state index is 12.9. The van der Waals surface area contributed by atoms with Gasteiger partial charge in [-0.25, -0.2) is 8.42 Å².